The summed E-state index contributed by atoms with van der Waals surface area (Å²) in [6.45, 7) is 3.74. The van der Waals surface area contributed by atoms with E-state index >= 15 is 0 Å². The van der Waals surface area contributed by atoms with Crippen LogP contribution in [0.5, 0.6) is 0 Å². The summed E-state index contributed by atoms with van der Waals surface area (Å²) in [5.41, 5.74) is 1.57. The molecule has 1 heterocycles. The van der Waals surface area contributed by atoms with Crippen LogP contribution in [0.1, 0.15) is 25.9 Å². The number of aryl methyl sites for hydroxylation is 2. The lowest BCUT2D eigenvalue weighted by molar-refractivity contribution is 0.0996. The highest BCUT2D eigenvalue weighted by molar-refractivity contribution is 7.13. The molecule has 0 bridgehead atoms. The van der Waals surface area contributed by atoms with Gasteiger partial charge < -0.3 is 0 Å². The molecule has 2 aromatic rings. The van der Waals surface area contributed by atoms with Gasteiger partial charge in [0, 0.05) is 16.5 Å². The Morgan fingerprint density at radius 2 is 2.06 bits per heavy atom. The standard InChI is InChI=1S/C13H11Cl2NOS/c1-7-13(18-8(2)16-7)12(17)5-9-3-4-10(14)6-11(9)15/h3-4,6H,5H2,1-2H3. The highest BCUT2D eigenvalue weighted by atomic mass is 35.5. The summed E-state index contributed by atoms with van der Waals surface area (Å²) >= 11 is 13.3. The Bertz CT molecular complexity index is 607. The molecule has 1 aromatic carbocycles. The lowest BCUT2D eigenvalue weighted by Gasteiger charge is -2.03. The van der Waals surface area contributed by atoms with Crippen LogP contribution in [0, 0.1) is 13.8 Å². The minimum Gasteiger partial charge on any atom is -0.293 e. The summed E-state index contributed by atoms with van der Waals surface area (Å²) in [6, 6.07) is 5.17. The highest BCUT2D eigenvalue weighted by Gasteiger charge is 2.15. The molecule has 0 saturated carbocycles. The fraction of sp³-hybridized carbons (Fsp3) is 0.231. The predicted molar refractivity (Wildman–Crippen MR) is 76.1 cm³/mol. The Labute approximate surface area is 120 Å². The number of carbonyl (C=O) groups excluding carboxylic acids is 1. The van der Waals surface area contributed by atoms with Gasteiger partial charge in [0.25, 0.3) is 0 Å². The van der Waals surface area contributed by atoms with Gasteiger partial charge in [-0.1, -0.05) is 29.3 Å². The first-order valence-electron chi connectivity index (χ1n) is 5.38. The Kier molecular flexibility index (Phi) is 4.05. The first-order valence-corrected chi connectivity index (χ1v) is 6.96. The fourth-order valence-corrected chi connectivity index (χ4v) is 3.04. The van der Waals surface area contributed by atoms with E-state index in [0.29, 0.717) is 14.9 Å². The smallest absolute Gasteiger partial charge is 0.179 e. The molecule has 0 N–H and O–H groups in total. The van der Waals surface area contributed by atoms with E-state index in [0.717, 1.165) is 16.3 Å². The molecule has 94 valence electrons. The van der Waals surface area contributed by atoms with Gasteiger partial charge in [0.2, 0.25) is 0 Å². The lowest BCUT2D eigenvalue weighted by Crippen LogP contribution is -2.03. The van der Waals surface area contributed by atoms with E-state index < -0.39 is 0 Å². The van der Waals surface area contributed by atoms with Crippen molar-refractivity contribution in [2.24, 2.45) is 0 Å². The van der Waals surface area contributed by atoms with Gasteiger partial charge in [-0.25, -0.2) is 4.98 Å². The third kappa shape index (κ3) is 2.91. The Morgan fingerprint density at radius 3 is 2.61 bits per heavy atom. The highest BCUT2D eigenvalue weighted by Crippen LogP contribution is 2.24. The van der Waals surface area contributed by atoms with Gasteiger partial charge in [0.1, 0.15) is 0 Å². The second-order valence-electron chi connectivity index (χ2n) is 3.98. The SMILES string of the molecule is Cc1nc(C)c(C(=O)Cc2ccc(Cl)cc2Cl)s1. The molecule has 18 heavy (non-hydrogen) atoms. The fourth-order valence-electron chi connectivity index (χ4n) is 1.71. The van der Waals surface area contributed by atoms with Gasteiger partial charge in [-0.05, 0) is 31.5 Å². The molecule has 0 aliphatic carbocycles. The summed E-state index contributed by atoms with van der Waals surface area (Å²) in [4.78, 5) is 17.1. The van der Waals surface area contributed by atoms with E-state index in [2.05, 4.69) is 4.98 Å². The first kappa shape index (κ1) is 13.5. The molecule has 0 atom stereocenters. The van der Waals surface area contributed by atoms with Crippen LogP contribution >= 0.6 is 34.5 Å². The summed E-state index contributed by atoms with van der Waals surface area (Å²) < 4.78 is 0. The van der Waals surface area contributed by atoms with Crippen LogP contribution in [-0.4, -0.2) is 10.8 Å². The molecule has 0 fully saturated rings. The van der Waals surface area contributed by atoms with Crippen LogP contribution in [0.2, 0.25) is 10.0 Å². The molecule has 0 radical (unpaired) electrons. The second-order valence-corrected chi connectivity index (χ2v) is 6.03. The molecule has 0 aliphatic rings. The summed E-state index contributed by atoms with van der Waals surface area (Å²) in [5, 5.41) is 1.99. The van der Waals surface area contributed by atoms with Gasteiger partial charge in [0.05, 0.1) is 15.6 Å². The minimum atomic E-state index is 0.0438. The number of carbonyl (C=O) groups is 1. The van der Waals surface area contributed by atoms with Crippen LogP contribution in [-0.2, 0) is 6.42 Å². The molecule has 2 nitrogen and oxygen atoms in total. The Balaban J connectivity index is 2.24. The van der Waals surface area contributed by atoms with Gasteiger partial charge in [0.15, 0.2) is 5.78 Å². The quantitative estimate of drug-likeness (QED) is 0.782. The van der Waals surface area contributed by atoms with Gasteiger partial charge in [-0.3, -0.25) is 4.79 Å². The van der Waals surface area contributed by atoms with Crippen molar-refractivity contribution in [2.75, 3.05) is 0 Å². The number of aromatic nitrogens is 1. The lowest BCUT2D eigenvalue weighted by atomic mass is 10.1. The predicted octanol–water partition coefficient (Wildman–Crippen LogP) is 4.49. The van der Waals surface area contributed by atoms with Crippen LogP contribution in [0.3, 0.4) is 0 Å². The zero-order valence-corrected chi connectivity index (χ0v) is 12.3. The third-order valence-electron chi connectivity index (χ3n) is 2.52. The zero-order chi connectivity index (χ0) is 13.3. The largest absolute Gasteiger partial charge is 0.293 e. The number of hydrogen-bond acceptors (Lipinski definition) is 3. The molecule has 0 spiro atoms. The van der Waals surface area contributed by atoms with Crippen molar-refractivity contribution in [1.29, 1.82) is 0 Å². The molecule has 0 aliphatic heterocycles. The third-order valence-corrected chi connectivity index (χ3v) is 4.22. The van der Waals surface area contributed by atoms with E-state index in [4.69, 9.17) is 23.2 Å². The van der Waals surface area contributed by atoms with Crippen molar-refractivity contribution < 1.29 is 4.79 Å². The summed E-state index contributed by atoms with van der Waals surface area (Å²) in [7, 11) is 0. The number of ketones is 1. The van der Waals surface area contributed by atoms with Crippen LogP contribution in [0.4, 0.5) is 0 Å². The van der Waals surface area contributed by atoms with Gasteiger partial charge in [-0.15, -0.1) is 11.3 Å². The summed E-state index contributed by atoms with van der Waals surface area (Å²) in [6.07, 6.45) is 0.276. The maximum Gasteiger partial charge on any atom is 0.179 e. The second kappa shape index (κ2) is 5.39. The number of hydrogen-bond donors (Lipinski definition) is 0. The van der Waals surface area contributed by atoms with Gasteiger partial charge >= 0.3 is 0 Å². The van der Waals surface area contributed by atoms with Crippen LogP contribution in [0.15, 0.2) is 18.2 Å². The number of thiazole rings is 1. The number of nitrogens with zero attached hydrogens (tertiary/aromatic N) is 1. The van der Waals surface area contributed by atoms with Crippen LogP contribution < -0.4 is 0 Å². The van der Waals surface area contributed by atoms with Crippen molar-refractivity contribution in [2.45, 2.75) is 20.3 Å². The van der Waals surface area contributed by atoms with Crippen molar-refractivity contribution >= 4 is 40.3 Å². The monoisotopic (exact) mass is 299 g/mol. The van der Waals surface area contributed by atoms with Crippen LogP contribution in [0.25, 0.3) is 0 Å². The number of rotatable bonds is 3. The van der Waals surface area contributed by atoms with Crippen molar-refractivity contribution in [3.63, 3.8) is 0 Å². The van der Waals surface area contributed by atoms with Gasteiger partial charge in [-0.2, -0.15) is 0 Å². The number of benzene rings is 1. The van der Waals surface area contributed by atoms with E-state index in [-0.39, 0.29) is 12.2 Å². The molecule has 1 aromatic heterocycles. The topological polar surface area (TPSA) is 30.0 Å². The number of Topliss-reactive ketones (excluding diaryl/α,β-unsaturated/α-hetero) is 1. The van der Waals surface area contributed by atoms with E-state index in [9.17, 15) is 4.79 Å². The molecule has 0 unspecified atom stereocenters. The zero-order valence-electron chi connectivity index (χ0n) is 9.96. The first-order chi connectivity index (χ1) is 8.47. The average molecular weight is 300 g/mol. The molecule has 5 heteroatoms. The Morgan fingerprint density at radius 1 is 1.33 bits per heavy atom. The minimum absolute atomic E-state index is 0.0438. The maximum atomic E-state index is 12.2. The molecule has 2 rings (SSSR count). The molecule has 0 saturated heterocycles. The Hall–Kier alpha value is -0.900. The average Bonchev–Trinajstić information content (AvgIpc) is 2.62. The molecule has 0 amide bonds. The van der Waals surface area contributed by atoms with E-state index in [1.54, 1.807) is 18.2 Å². The van der Waals surface area contributed by atoms with Crippen molar-refractivity contribution in [3.05, 3.63) is 49.4 Å². The normalized spacial score (nSPS) is 10.7. The van der Waals surface area contributed by atoms with Crippen molar-refractivity contribution in [3.8, 4) is 0 Å². The van der Waals surface area contributed by atoms with E-state index in [1.165, 1.54) is 11.3 Å². The van der Waals surface area contributed by atoms with E-state index in [1.807, 2.05) is 13.8 Å². The summed E-state index contributed by atoms with van der Waals surface area (Å²) in [5.74, 6) is 0.0438. The molecular formula is C13H11Cl2NOS. The van der Waals surface area contributed by atoms with Crippen molar-refractivity contribution in [1.82, 2.24) is 4.98 Å². The number of halogens is 2. The maximum absolute atomic E-state index is 12.2. The molecular weight excluding hydrogens is 289 g/mol.